The summed E-state index contributed by atoms with van der Waals surface area (Å²) in [4.78, 5) is 0. The molecule has 0 saturated carbocycles. The van der Waals surface area contributed by atoms with E-state index in [0.717, 1.165) is 51.4 Å². The summed E-state index contributed by atoms with van der Waals surface area (Å²) >= 11 is 0. The average molecular weight is 487 g/mol. The van der Waals surface area contributed by atoms with E-state index >= 15 is 0 Å². The van der Waals surface area contributed by atoms with Crippen LogP contribution in [0.2, 0.25) is 11.1 Å². The molecule has 0 aromatic heterocycles. The first-order chi connectivity index (χ1) is 14.4. The lowest BCUT2D eigenvalue weighted by atomic mass is 10.1. The molecule has 30 heavy (non-hydrogen) atoms. The van der Waals surface area contributed by atoms with E-state index in [0.29, 0.717) is 11.5 Å². The molecule has 0 saturated heterocycles. The van der Waals surface area contributed by atoms with Gasteiger partial charge < -0.3 is 26.6 Å². The Bertz CT molecular complexity index is 394. The Morgan fingerprint density at radius 3 is 1.13 bits per heavy atom. The molecule has 0 spiro atoms. The van der Waals surface area contributed by atoms with Gasteiger partial charge in [0.15, 0.2) is 0 Å². The van der Waals surface area contributed by atoms with Crippen LogP contribution in [0.1, 0.15) is 65.2 Å². The van der Waals surface area contributed by atoms with Crippen LogP contribution in [-0.2, 0) is 37.4 Å². The lowest BCUT2D eigenvalue weighted by Crippen LogP contribution is -2.48. The van der Waals surface area contributed by atoms with Gasteiger partial charge in [0, 0.05) is 76.0 Å². The van der Waals surface area contributed by atoms with Crippen LogP contribution >= 0.6 is 0 Å². The van der Waals surface area contributed by atoms with E-state index in [2.05, 4.69) is 13.8 Å². The molecule has 0 bridgehead atoms. The predicted molar refractivity (Wildman–Crippen MR) is 127 cm³/mol. The van der Waals surface area contributed by atoms with Crippen LogP contribution < -0.4 is 0 Å². The van der Waals surface area contributed by atoms with Gasteiger partial charge in [-0.25, -0.2) is 0 Å². The molecular formula is C20H46O7SSi2. The first-order valence-electron chi connectivity index (χ1n) is 11.0. The van der Waals surface area contributed by atoms with Crippen molar-refractivity contribution >= 4 is 28.4 Å². The van der Waals surface area contributed by atoms with E-state index in [1.54, 1.807) is 42.7 Å². The topological polar surface area (TPSA) is 72.5 Å². The van der Waals surface area contributed by atoms with Gasteiger partial charge >= 0.3 is 17.6 Å². The predicted octanol–water partition coefficient (Wildman–Crippen LogP) is 4.39. The van der Waals surface area contributed by atoms with Crippen LogP contribution in [0.5, 0.6) is 0 Å². The van der Waals surface area contributed by atoms with Crippen LogP contribution in [0.3, 0.4) is 0 Å². The fourth-order valence-corrected chi connectivity index (χ4v) is 10.9. The zero-order valence-electron chi connectivity index (χ0n) is 20.5. The van der Waals surface area contributed by atoms with Crippen molar-refractivity contribution in [3.05, 3.63) is 0 Å². The van der Waals surface area contributed by atoms with Gasteiger partial charge in [-0.05, 0) is 25.7 Å². The molecule has 0 aliphatic carbocycles. The van der Waals surface area contributed by atoms with E-state index in [-0.39, 0.29) is 11.1 Å². The largest absolute Gasteiger partial charge is 0.503 e. The molecule has 0 aromatic carbocycles. The molecule has 0 rings (SSSR count). The van der Waals surface area contributed by atoms with Gasteiger partial charge in [-0.1, -0.05) is 39.5 Å². The Kier molecular flexibility index (Phi) is 17.1. The maximum atomic E-state index is 12.9. The molecule has 7 nitrogen and oxygen atoms in total. The summed E-state index contributed by atoms with van der Waals surface area (Å²) in [6, 6.07) is 0. The minimum Gasteiger partial charge on any atom is -0.377 e. The fraction of sp³-hybridized carbons (Fsp3) is 1.00. The van der Waals surface area contributed by atoms with Gasteiger partial charge in [-0.15, -0.1) is 0 Å². The molecule has 0 fully saturated rings. The lowest BCUT2D eigenvalue weighted by molar-refractivity contribution is 0.108. The first kappa shape index (κ1) is 30.3. The van der Waals surface area contributed by atoms with E-state index in [1.165, 1.54) is 0 Å². The number of hydrogen-bond donors (Lipinski definition) is 0. The monoisotopic (exact) mass is 486 g/mol. The van der Waals surface area contributed by atoms with Crippen LogP contribution in [0.15, 0.2) is 0 Å². The molecule has 2 atom stereocenters. The highest BCUT2D eigenvalue weighted by Gasteiger charge is 2.47. The summed E-state index contributed by atoms with van der Waals surface area (Å²) in [6.07, 6.45) is 7.81. The molecule has 0 radical (unpaired) electrons. The van der Waals surface area contributed by atoms with Crippen molar-refractivity contribution in [1.29, 1.82) is 0 Å². The average Bonchev–Trinajstić information content (AvgIpc) is 2.78. The second kappa shape index (κ2) is 16.9. The van der Waals surface area contributed by atoms with Crippen molar-refractivity contribution in [2.75, 3.05) is 54.2 Å². The van der Waals surface area contributed by atoms with E-state index in [9.17, 15) is 4.21 Å². The normalized spacial score (nSPS) is 15.9. The molecule has 0 aliphatic rings. The molecule has 10 heteroatoms. The zero-order valence-corrected chi connectivity index (χ0v) is 23.3. The highest BCUT2D eigenvalue weighted by Crippen LogP contribution is 2.35. The number of hydrogen-bond acceptors (Lipinski definition) is 7. The Hall–Kier alpha value is 0.344. The van der Waals surface area contributed by atoms with Crippen LogP contribution in [0.4, 0.5) is 0 Å². The minimum atomic E-state index is -2.75. The second-order valence-corrected chi connectivity index (χ2v) is 15.7. The fourth-order valence-electron chi connectivity index (χ4n) is 4.05. The Morgan fingerprint density at radius 1 is 0.600 bits per heavy atom. The molecule has 0 amide bonds. The maximum Gasteiger partial charge on any atom is 0.503 e. The smallest absolute Gasteiger partial charge is 0.377 e. The first-order valence-corrected chi connectivity index (χ1v) is 16.1. The Morgan fingerprint density at radius 2 is 0.900 bits per heavy atom. The van der Waals surface area contributed by atoms with E-state index < -0.39 is 28.4 Å². The molecule has 182 valence electrons. The minimum absolute atomic E-state index is 0.155. The lowest BCUT2D eigenvalue weighted by Gasteiger charge is -2.33. The van der Waals surface area contributed by atoms with Gasteiger partial charge in [0.1, 0.15) is 0 Å². The van der Waals surface area contributed by atoms with E-state index in [1.807, 2.05) is 0 Å². The Labute approximate surface area is 189 Å². The van der Waals surface area contributed by atoms with Crippen molar-refractivity contribution in [2.24, 2.45) is 0 Å². The second-order valence-electron chi connectivity index (χ2n) is 7.54. The van der Waals surface area contributed by atoms with Crippen molar-refractivity contribution in [3.63, 3.8) is 0 Å². The summed E-state index contributed by atoms with van der Waals surface area (Å²) < 4.78 is 47.1. The molecule has 0 aliphatic heterocycles. The third-order valence-electron chi connectivity index (χ3n) is 5.91. The third kappa shape index (κ3) is 9.07. The summed E-state index contributed by atoms with van der Waals surface area (Å²) in [5.74, 6) is 1.22. The summed E-state index contributed by atoms with van der Waals surface area (Å²) in [5, 5.41) is 0. The van der Waals surface area contributed by atoms with Gasteiger partial charge in [-0.2, -0.15) is 0 Å². The maximum absolute atomic E-state index is 12.9. The Balaban J connectivity index is 5.03. The molecular weight excluding hydrogens is 440 g/mol. The molecule has 0 aromatic rings. The van der Waals surface area contributed by atoms with Gasteiger partial charge in [0.05, 0.1) is 0 Å². The molecule has 0 heterocycles. The van der Waals surface area contributed by atoms with Crippen LogP contribution in [-0.4, -0.2) is 76.0 Å². The van der Waals surface area contributed by atoms with Gasteiger partial charge in [0.2, 0.25) is 0 Å². The quantitative estimate of drug-likeness (QED) is 0.236. The van der Waals surface area contributed by atoms with E-state index in [4.69, 9.17) is 26.6 Å². The molecule has 2 unspecified atom stereocenters. The molecule has 0 N–H and O–H groups in total. The van der Waals surface area contributed by atoms with Gasteiger partial charge in [-0.3, -0.25) is 4.21 Å². The van der Waals surface area contributed by atoms with Crippen molar-refractivity contribution < 1.29 is 30.8 Å². The summed E-state index contributed by atoms with van der Waals surface area (Å²) in [5.41, 5.74) is 0.311. The number of unbranched alkanes of at least 4 members (excludes halogenated alkanes) is 2. The SMILES string of the molecule is CCCCC(CCS(=O)CCC(CCCC)[Si](OC)(OC)OC)[Si](OC)(OC)OC. The van der Waals surface area contributed by atoms with Crippen molar-refractivity contribution in [1.82, 2.24) is 0 Å². The van der Waals surface area contributed by atoms with Crippen LogP contribution in [0.25, 0.3) is 0 Å². The van der Waals surface area contributed by atoms with Crippen molar-refractivity contribution in [3.8, 4) is 0 Å². The highest BCUT2D eigenvalue weighted by atomic mass is 32.2. The standard InChI is InChI=1S/C20H46O7SSi2/c1-9-11-13-19(29(22-3,23-4)24-5)15-17-28(21)18-16-20(14-12-10-2)30(25-6,26-7)27-8/h19-20H,9-18H2,1-8H3. The zero-order chi connectivity index (χ0) is 23.0. The van der Waals surface area contributed by atoms with Gasteiger partial charge in [0.25, 0.3) is 0 Å². The number of rotatable bonds is 20. The summed E-state index contributed by atoms with van der Waals surface area (Å²) in [6.45, 7) is 4.33. The summed E-state index contributed by atoms with van der Waals surface area (Å²) in [7, 11) is 3.47. The highest BCUT2D eigenvalue weighted by molar-refractivity contribution is 7.84. The van der Waals surface area contributed by atoms with Crippen molar-refractivity contribution in [2.45, 2.75) is 76.3 Å². The third-order valence-corrected chi connectivity index (χ3v) is 13.9. The van der Waals surface area contributed by atoms with Crippen LogP contribution in [0, 0.1) is 0 Å².